The van der Waals surface area contributed by atoms with Crippen LogP contribution in [0.5, 0.6) is 0 Å². The molecule has 148 valence electrons. The highest BCUT2D eigenvalue weighted by Crippen LogP contribution is 2.44. The molecule has 0 bridgehead atoms. The Kier molecular flexibility index (Phi) is 5.03. The summed E-state index contributed by atoms with van der Waals surface area (Å²) in [7, 11) is 1.64. The molecule has 29 heavy (non-hydrogen) atoms. The molecule has 3 aromatic rings. The van der Waals surface area contributed by atoms with Crippen molar-refractivity contribution in [1.82, 2.24) is 14.5 Å². The molecule has 0 atom stereocenters. The summed E-state index contributed by atoms with van der Waals surface area (Å²) in [6.07, 6.45) is 2.29. The van der Waals surface area contributed by atoms with Crippen LogP contribution in [0.15, 0.2) is 61.1 Å². The highest BCUT2D eigenvalue weighted by Gasteiger charge is 2.29. The van der Waals surface area contributed by atoms with E-state index in [4.69, 9.17) is 9.84 Å². The number of carboxylic acid groups (broad SMARTS) is 1. The number of likely N-dealkylation sites (N-methyl/N-ethyl adjacent to an activating group) is 1. The molecule has 7 nitrogen and oxygen atoms in total. The Hall–Kier alpha value is -3.61. The third-order valence-corrected chi connectivity index (χ3v) is 5.26. The topological polar surface area (TPSA) is 84.7 Å². The number of rotatable bonds is 6. The van der Waals surface area contributed by atoms with Gasteiger partial charge < -0.3 is 19.3 Å². The van der Waals surface area contributed by atoms with Gasteiger partial charge in [-0.25, -0.2) is 14.6 Å². The van der Waals surface area contributed by atoms with Gasteiger partial charge in [-0.3, -0.25) is 0 Å². The van der Waals surface area contributed by atoms with E-state index in [0.717, 1.165) is 11.1 Å². The molecule has 0 unspecified atom stereocenters. The van der Waals surface area contributed by atoms with Gasteiger partial charge in [0, 0.05) is 26.1 Å². The highest BCUT2D eigenvalue weighted by molar-refractivity contribution is 5.85. The number of aromatic carboxylic acids is 1. The van der Waals surface area contributed by atoms with Gasteiger partial charge in [0.05, 0.1) is 12.5 Å². The van der Waals surface area contributed by atoms with E-state index >= 15 is 0 Å². The summed E-state index contributed by atoms with van der Waals surface area (Å²) < 4.78 is 7.09. The van der Waals surface area contributed by atoms with Gasteiger partial charge in [0.1, 0.15) is 12.3 Å². The van der Waals surface area contributed by atoms with E-state index in [1.807, 2.05) is 24.3 Å². The summed E-state index contributed by atoms with van der Waals surface area (Å²) in [6.45, 7) is 0.887. The first kappa shape index (κ1) is 18.7. The minimum atomic E-state index is -1.05. The number of hydrogen-bond acceptors (Lipinski definition) is 4. The molecule has 1 aromatic heterocycles. The van der Waals surface area contributed by atoms with Crippen LogP contribution in [0.25, 0.3) is 11.1 Å². The van der Waals surface area contributed by atoms with Crippen LogP contribution in [0.3, 0.4) is 0 Å². The zero-order valence-electron chi connectivity index (χ0n) is 16.0. The van der Waals surface area contributed by atoms with Gasteiger partial charge in [0.15, 0.2) is 0 Å². The smallest absolute Gasteiger partial charge is 0.409 e. The molecule has 0 spiro atoms. The van der Waals surface area contributed by atoms with E-state index in [0.29, 0.717) is 13.1 Å². The molecule has 4 rings (SSSR count). The Morgan fingerprint density at radius 1 is 1.10 bits per heavy atom. The second kappa shape index (κ2) is 7.79. The van der Waals surface area contributed by atoms with Crippen molar-refractivity contribution in [1.29, 1.82) is 0 Å². The summed E-state index contributed by atoms with van der Waals surface area (Å²) in [5, 5.41) is 9.13. The number of aromatic nitrogens is 2. The van der Waals surface area contributed by atoms with Gasteiger partial charge in [0.2, 0.25) is 0 Å². The zero-order valence-corrected chi connectivity index (χ0v) is 16.0. The van der Waals surface area contributed by atoms with Gasteiger partial charge in [-0.05, 0) is 22.3 Å². The number of benzene rings is 2. The number of carbonyl (C=O) groups excluding carboxylic acids is 1. The molecule has 0 saturated heterocycles. The van der Waals surface area contributed by atoms with E-state index in [-0.39, 0.29) is 18.2 Å². The van der Waals surface area contributed by atoms with Crippen LogP contribution in [0.4, 0.5) is 4.79 Å². The molecular weight excluding hydrogens is 370 g/mol. The molecular formula is C22H21N3O4. The first-order valence-electron chi connectivity index (χ1n) is 9.36. The summed E-state index contributed by atoms with van der Waals surface area (Å²) in [5.41, 5.74) is 4.77. The average Bonchev–Trinajstić information content (AvgIpc) is 3.33. The predicted molar refractivity (Wildman–Crippen MR) is 107 cm³/mol. The first-order chi connectivity index (χ1) is 14.1. The van der Waals surface area contributed by atoms with Crippen molar-refractivity contribution in [3.8, 4) is 11.1 Å². The van der Waals surface area contributed by atoms with Crippen molar-refractivity contribution >= 4 is 12.1 Å². The van der Waals surface area contributed by atoms with Crippen LogP contribution >= 0.6 is 0 Å². The van der Waals surface area contributed by atoms with Crippen LogP contribution in [0.1, 0.15) is 27.5 Å². The third-order valence-electron chi connectivity index (χ3n) is 5.26. The summed E-state index contributed by atoms with van der Waals surface area (Å²) in [5.74, 6) is -1.04. The first-order valence-corrected chi connectivity index (χ1v) is 9.36. The van der Waals surface area contributed by atoms with Crippen LogP contribution in [0, 0.1) is 0 Å². The summed E-state index contributed by atoms with van der Waals surface area (Å²) in [6, 6.07) is 16.3. The Bertz CT molecular complexity index is 1010. The number of hydrogen-bond donors (Lipinski definition) is 1. The van der Waals surface area contributed by atoms with E-state index in [1.54, 1.807) is 7.05 Å². The quantitative estimate of drug-likeness (QED) is 0.696. The second-order valence-electron chi connectivity index (χ2n) is 7.00. The predicted octanol–water partition coefficient (Wildman–Crippen LogP) is 3.46. The fourth-order valence-electron chi connectivity index (χ4n) is 3.73. The number of ether oxygens (including phenoxy) is 1. The molecule has 1 aliphatic rings. The van der Waals surface area contributed by atoms with E-state index in [2.05, 4.69) is 29.2 Å². The maximum Gasteiger partial charge on any atom is 0.409 e. The average molecular weight is 391 g/mol. The van der Waals surface area contributed by atoms with Gasteiger partial charge in [-0.1, -0.05) is 48.5 Å². The Morgan fingerprint density at radius 3 is 2.34 bits per heavy atom. The molecule has 0 aliphatic heterocycles. The van der Waals surface area contributed by atoms with Gasteiger partial charge in [-0.2, -0.15) is 0 Å². The Balaban J connectivity index is 1.39. The lowest BCUT2D eigenvalue weighted by molar-refractivity contribution is 0.0684. The fraction of sp³-hybridized carbons (Fsp3) is 0.227. The standard InChI is InChI=1S/C22H21N3O4/c1-24(10-11-25-14-23-12-20(25)21(26)27)22(28)29-13-19-17-8-4-2-6-15(17)16-7-3-5-9-18(16)19/h2-9,12,14,19H,10-11,13H2,1H3,(H,26,27). The van der Waals surface area contributed by atoms with Crippen molar-refractivity contribution in [3.05, 3.63) is 77.9 Å². The largest absolute Gasteiger partial charge is 0.477 e. The van der Waals surface area contributed by atoms with Gasteiger partial charge >= 0.3 is 12.1 Å². The number of amides is 1. The summed E-state index contributed by atoms with van der Waals surface area (Å²) in [4.78, 5) is 28.9. The molecule has 1 heterocycles. The van der Waals surface area contributed by atoms with Crippen molar-refractivity contribution in [2.24, 2.45) is 0 Å². The molecule has 1 aliphatic carbocycles. The van der Waals surface area contributed by atoms with Crippen LogP contribution in [-0.4, -0.2) is 51.8 Å². The van der Waals surface area contributed by atoms with Crippen LogP contribution in [-0.2, 0) is 11.3 Å². The molecule has 0 saturated carbocycles. The summed E-state index contributed by atoms with van der Waals surface area (Å²) >= 11 is 0. The SMILES string of the molecule is CN(CCn1cncc1C(=O)O)C(=O)OCC1c2ccccc2-c2ccccc21. The number of carboxylic acids is 1. The molecule has 7 heteroatoms. The maximum atomic E-state index is 12.5. The van der Waals surface area contributed by atoms with Crippen molar-refractivity contribution in [3.63, 3.8) is 0 Å². The van der Waals surface area contributed by atoms with E-state index < -0.39 is 12.1 Å². The van der Waals surface area contributed by atoms with Crippen LogP contribution < -0.4 is 0 Å². The lowest BCUT2D eigenvalue weighted by atomic mass is 9.98. The van der Waals surface area contributed by atoms with E-state index in [1.165, 1.54) is 33.1 Å². The number of nitrogens with zero attached hydrogens (tertiary/aromatic N) is 3. The van der Waals surface area contributed by atoms with Crippen molar-refractivity contribution in [2.45, 2.75) is 12.5 Å². The van der Waals surface area contributed by atoms with Gasteiger partial charge in [0.25, 0.3) is 0 Å². The third kappa shape index (κ3) is 3.59. The highest BCUT2D eigenvalue weighted by atomic mass is 16.6. The molecule has 0 radical (unpaired) electrons. The minimum absolute atomic E-state index is 0.00649. The molecule has 1 amide bonds. The van der Waals surface area contributed by atoms with Crippen LogP contribution in [0.2, 0.25) is 0 Å². The van der Waals surface area contributed by atoms with Gasteiger partial charge in [-0.15, -0.1) is 0 Å². The fourth-order valence-corrected chi connectivity index (χ4v) is 3.73. The normalized spacial score (nSPS) is 12.3. The monoisotopic (exact) mass is 391 g/mol. The molecule has 2 aromatic carbocycles. The van der Waals surface area contributed by atoms with Crippen molar-refractivity contribution < 1.29 is 19.4 Å². The number of fused-ring (bicyclic) bond motifs is 3. The number of carbonyl (C=O) groups is 2. The zero-order chi connectivity index (χ0) is 20.4. The van der Waals surface area contributed by atoms with E-state index in [9.17, 15) is 9.59 Å². The number of imidazole rings is 1. The maximum absolute atomic E-state index is 12.5. The minimum Gasteiger partial charge on any atom is -0.477 e. The second-order valence-corrected chi connectivity index (χ2v) is 7.00. The Morgan fingerprint density at radius 2 is 1.72 bits per heavy atom. The van der Waals surface area contributed by atoms with Crippen molar-refractivity contribution in [2.75, 3.05) is 20.2 Å². The lowest BCUT2D eigenvalue weighted by Crippen LogP contribution is -2.32. The molecule has 1 N–H and O–H groups in total. The molecule has 0 fully saturated rings. The lowest BCUT2D eigenvalue weighted by Gasteiger charge is -2.20. The Labute approximate surface area is 168 Å².